The molecule has 0 saturated heterocycles. The Balaban J connectivity index is 1.62. The van der Waals surface area contributed by atoms with E-state index in [4.69, 9.17) is 22.4 Å². The van der Waals surface area contributed by atoms with Crippen LogP contribution in [0.1, 0.15) is 22.7 Å². The van der Waals surface area contributed by atoms with Crippen LogP contribution in [0.15, 0.2) is 36.4 Å². The zero-order valence-electron chi connectivity index (χ0n) is 15.2. The van der Waals surface area contributed by atoms with Crippen LogP contribution in [0.25, 0.3) is 21.1 Å². The lowest BCUT2D eigenvalue weighted by molar-refractivity contribution is 0.107. The minimum atomic E-state index is -0.879. The molecule has 6 nitrogen and oxygen atoms in total. The number of rotatable bonds is 3. The van der Waals surface area contributed by atoms with Crippen LogP contribution in [0.3, 0.4) is 0 Å². The normalized spacial score (nSPS) is 18.0. The number of aromatic amines is 1. The molecule has 2 aromatic heterocycles. The molecule has 0 spiro atoms. The van der Waals surface area contributed by atoms with Crippen molar-refractivity contribution in [1.82, 2.24) is 15.4 Å². The number of thiazole rings is 1. The fourth-order valence-corrected chi connectivity index (χ4v) is 5.29. The number of nitrogens with two attached hydrogens (primary N) is 1. The molecule has 2 unspecified atom stereocenters. The summed E-state index contributed by atoms with van der Waals surface area (Å²) in [4.78, 5) is 10.5. The largest absolute Gasteiger partial charge is 0.377 e. The second-order valence-electron chi connectivity index (χ2n) is 7.27. The fraction of sp³-hybridized carbons (Fsp3) is 0.250. The summed E-state index contributed by atoms with van der Waals surface area (Å²) in [5, 5.41) is 13.2. The minimum Gasteiger partial charge on any atom is -0.377 e. The SMILES string of the molecule is Cc1ccc2nc(N3Cc4[nH]c5ccc(Cl)cc5c4C(C(O)NN)C3)sc2c1. The average Bonchev–Trinajstić information content (AvgIpc) is 3.27. The maximum Gasteiger partial charge on any atom is 0.186 e. The van der Waals surface area contributed by atoms with Crippen molar-refractivity contribution in [2.75, 3.05) is 11.4 Å². The van der Waals surface area contributed by atoms with Gasteiger partial charge in [-0.25, -0.2) is 10.4 Å². The first-order valence-corrected chi connectivity index (χ1v) is 10.3. The molecule has 1 aliphatic rings. The Morgan fingerprint density at radius 2 is 2.21 bits per heavy atom. The molecule has 5 rings (SSSR count). The molecule has 0 aliphatic carbocycles. The molecule has 1 aliphatic heterocycles. The van der Waals surface area contributed by atoms with E-state index in [1.807, 2.05) is 18.2 Å². The number of aryl methyl sites for hydroxylation is 1. The van der Waals surface area contributed by atoms with Crippen molar-refractivity contribution >= 4 is 49.2 Å². The van der Waals surface area contributed by atoms with Crippen LogP contribution in [0.4, 0.5) is 5.13 Å². The summed E-state index contributed by atoms with van der Waals surface area (Å²) < 4.78 is 1.17. The van der Waals surface area contributed by atoms with Gasteiger partial charge in [0, 0.05) is 34.1 Å². The van der Waals surface area contributed by atoms with E-state index >= 15 is 0 Å². The number of hydrazine groups is 1. The van der Waals surface area contributed by atoms with E-state index in [9.17, 15) is 5.11 Å². The highest BCUT2D eigenvalue weighted by molar-refractivity contribution is 7.22. The third kappa shape index (κ3) is 2.87. The summed E-state index contributed by atoms with van der Waals surface area (Å²) >= 11 is 7.90. The van der Waals surface area contributed by atoms with Crippen LogP contribution in [-0.4, -0.2) is 27.8 Å². The second kappa shape index (κ2) is 6.72. The number of fused-ring (bicyclic) bond motifs is 4. The molecular formula is C20H20ClN5OS. The van der Waals surface area contributed by atoms with Crippen LogP contribution in [-0.2, 0) is 6.54 Å². The molecule has 2 atom stereocenters. The maximum absolute atomic E-state index is 10.6. The van der Waals surface area contributed by atoms with Crippen LogP contribution in [0.5, 0.6) is 0 Å². The lowest BCUT2D eigenvalue weighted by atomic mass is 9.90. The molecule has 0 saturated carbocycles. The van der Waals surface area contributed by atoms with E-state index in [1.54, 1.807) is 11.3 Å². The minimum absolute atomic E-state index is 0.213. The summed E-state index contributed by atoms with van der Waals surface area (Å²) in [5.74, 6) is 5.38. The number of hydrogen-bond acceptors (Lipinski definition) is 6. The fourth-order valence-electron chi connectivity index (χ4n) is 4.05. The summed E-state index contributed by atoms with van der Waals surface area (Å²) in [6.45, 7) is 3.38. The van der Waals surface area contributed by atoms with Gasteiger partial charge in [-0.15, -0.1) is 0 Å². The third-order valence-corrected chi connectivity index (χ3v) is 6.69. The highest BCUT2D eigenvalue weighted by atomic mass is 35.5. The first-order chi connectivity index (χ1) is 13.5. The van der Waals surface area contributed by atoms with Gasteiger partial charge in [0.2, 0.25) is 0 Å². The van der Waals surface area contributed by atoms with E-state index in [-0.39, 0.29) is 5.92 Å². The van der Waals surface area contributed by atoms with Gasteiger partial charge in [0.05, 0.1) is 16.8 Å². The number of aliphatic hydroxyl groups is 1. The number of aromatic nitrogens is 2. The molecule has 3 heterocycles. The van der Waals surface area contributed by atoms with Crippen molar-refractivity contribution in [2.45, 2.75) is 25.6 Å². The molecule has 2 aromatic carbocycles. The Bertz CT molecular complexity index is 1190. The monoisotopic (exact) mass is 413 g/mol. The van der Waals surface area contributed by atoms with Crippen molar-refractivity contribution in [1.29, 1.82) is 0 Å². The summed E-state index contributed by atoms with van der Waals surface area (Å²) in [6, 6.07) is 12.1. The van der Waals surface area contributed by atoms with Crippen molar-refractivity contribution in [3.8, 4) is 0 Å². The van der Waals surface area contributed by atoms with Crippen LogP contribution < -0.4 is 16.2 Å². The predicted octanol–water partition coefficient (Wildman–Crippen LogP) is 3.62. The number of nitrogens with one attached hydrogen (secondary N) is 2. The van der Waals surface area contributed by atoms with Gasteiger partial charge in [0.1, 0.15) is 6.23 Å². The van der Waals surface area contributed by atoms with Gasteiger partial charge in [-0.1, -0.05) is 29.0 Å². The van der Waals surface area contributed by atoms with Crippen molar-refractivity contribution in [3.05, 3.63) is 58.2 Å². The molecule has 144 valence electrons. The number of anilines is 1. The molecule has 8 heteroatoms. The quantitative estimate of drug-likeness (QED) is 0.234. The summed E-state index contributed by atoms with van der Waals surface area (Å²) in [6.07, 6.45) is -0.879. The highest BCUT2D eigenvalue weighted by Gasteiger charge is 2.34. The molecular weight excluding hydrogens is 394 g/mol. The van der Waals surface area contributed by atoms with Crippen molar-refractivity contribution < 1.29 is 5.11 Å². The number of halogens is 1. The highest BCUT2D eigenvalue weighted by Crippen LogP contribution is 2.40. The maximum atomic E-state index is 10.6. The third-order valence-electron chi connectivity index (χ3n) is 5.37. The number of benzene rings is 2. The van der Waals surface area contributed by atoms with Gasteiger partial charge < -0.3 is 15.0 Å². The molecule has 0 fully saturated rings. The smallest absolute Gasteiger partial charge is 0.186 e. The predicted molar refractivity (Wildman–Crippen MR) is 115 cm³/mol. The van der Waals surface area contributed by atoms with Gasteiger partial charge in [-0.3, -0.25) is 5.84 Å². The van der Waals surface area contributed by atoms with Crippen LogP contribution >= 0.6 is 22.9 Å². The Morgan fingerprint density at radius 3 is 3.04 bits per heavy atom. The first-order valence-electron chi connectivity index (χ1n) is 9.10. The number of aliphatic hydroxyl groups excluding tert-OH is 1. The molecule has 0 amide bonds. The standard InChI is InChI=1S/C20H20ClN5OS/c1-10-2-4-15-17(6-10)28-20(24-15)26-8-13(19(27)25-22)18-12-7-11(21)3-5-14(12)23-16(18)9-26/h2-7,13,19,23,25,27H,8-9,22H2,1H3. The number of hydrogen-bond donors (Lipinski definition) is 4. The van der Waals surface area contributed by atoms with E-state index < -0.39 is 6.23 Å². The van der Waals surface area contributed by atoms with Gasteiger partial charge in [0.25, 0.3) is 0 Å². The summed E-state index contributed by atoms with van der Waals surface area (Å²) in [7, 11) is 0. The molecule has 28 heavy (non-hydrogen) atoms. The molecule has 0 bridgehead atoms. The average molecular weight is 414 g/mol. The second-order valence-corrected chi connectivity index (χ2v) is 8.72. The molecule has 4 aromatic rings. The van der Waals surface area contributed by atoms with Gasteiger partial charge in [-0.2, -0.15) is 0 Å². The van der Waals surface area contributed by atoms with Crippen molar-refractivity contribution in [3.63, 3.8) is 0 Å². The number of nitrogens with zero attached hydrogens (tertiary/aromatic N) is 2. The Hall–Kier alpha value is -2.16. The van der Waals surface area contributed by atoms with Gasteiger partial charge in [-0.05, 0) is 48.4 Å². The van der Waals surface area contributed by atoms with Crippen LogP contribution in [0.2, 0.25) is 5.02 Å². The first kappa shape index (κ1) is 17.9. The van der Waals surface area contributed by atoms with Gasteiger partial charge in [0.15, 0.2) is 5.13 Å². The Morgan fingerprint density at radius 1 is 1.36 bits per heavy atom. The zero-order chi connectivity index (χ0) is 19.4. The molecule has 5 N–H and O–H groups in total. The summed E-state index contributed by atoms with van der Waals surface area (Å²) in [5.41, 5.74) is 7.85. The van der Waals surface area contributed by atoms with Gasteiger partial charge >= 0.3 is 0 Å². The van der Waals surface area contributed by atoms with E-state index in [0.717, 1.165) is 32.8 Å². The Labute approximate surface area is 170 Å². The van der Waals surface area contributed by atoms with E-state index in [2.05, 4.69) is 40.4 Å². The molecule has 0 radical (unpaired) electrons. The van der Waals surface area contributed by atoms with Crippen LogP contribution in [0, 0.1) is 6.92 Å². The lowest BCUT2D eigenvalue weighted by Crippen LogP contribution is -2.46. The van der Waals surface area contributed by atoms with E-state index in [1.165, 1.54) is 10.3 Å². The zero-order valence-corrected chi connectivity index (χ0v) is 16.8. The topological polar surface area (TPSA) is 90.2 Å². The lowest BCUT2D eigenvalue weighted by Gasteiger charge is -2.35. The Kier molecular flexibility index (Phi) is 4.30. The van der Waals surface area contributed by atoms with Crippen molar-refractivity contribution in [2.24, 2.45) is 5.84 Å². The number of H-pyrrole nitrogens is 1. The van der Waals surface area contributed by atoms with E-state index in [0.29, 0.717) is 18.1 Å².